The number of hydrogen-bond donors (Lipinski definition) is 2. The topological polar surface area (TPSA) is 59.0 Å². The van der Waals surface area contributed by atoms with E-state index >= 15 is 0 Å². The largest absolute Gasteiger partial charge is 0.350 e. The van der Waals surface area contributed by atoms with Crippen LogP contribution in [-0.2, 0) is 7.05 Å². The van der Waals surface area contributed by atoms with Gasteiger partial charge in [0.1, 0.15) is 0 Å². The molecule has 0 bridgehead atoms. The third kappa shape index (κ3) is 2.72. The predicted molar refractivity (Wildman–Crippen MR) is 70.5 cm³/mol. The molecule has 1 aliphatic rings. The van der Waals surface area contributed by atoms with Crippen molar-refractivity contribution in [3.63, 3.8) is 0 Å². The molecule has 0 saturated carbocycles. The minimum Gasteiger partial charge on any atom is -0.350 e. The number of nitrogens with one attached hydrogen (secondary N) is 2. The van der Waals surface area contributed by atoms with Gasteiger partial charge in [0.05, 0.1) is 11.8 Å². The summed E-state index contributed by atoms with van der Waals surface area (Å²) in [5.41, 5.74) is 1.57. The fourth-order valence-corrected chi connectivity index (χ4v) is 2.41. The minimum absolute atomic E-state index is 0.0276. The summed E-state index contributed by atoms with van der Waals surface area (Å²) in [6.07, 6.45) is 4.09. The molecule has 1 aliphatic heterocycles. The molecule has 18 heavy (non-hydrogen) atoms. The third-order valence-electron chi connectivity index (χ3n) is 3.89. The first-order valence-corrected chi connectivity index (χ1v) is 6.59. The van der Waals surface area contributed by atoms with Crippen molar-refractivity contribution in [3.8, 4) is 0 Å². The molecule has 5 nitrogen and oxygen atoms in total. The molecule has 1 aromatic heterocycles. The van der Waals surface area contributed by atoms with E-state index in [1.54, 1.807) is 10.9 Å². The summed E-state index contributed by atoms with van der Waals surface area (Å²) < 4.78 is 1.72. The maximum atomic E-state index is 12.0. The number of aryl methyl sites for hydroxylation is 1. The number of rotatable bonds is 3. The Morgan fingerprint density at radius 2 is 2.44 bits per heavy atom. The van der Waals surface area contributed by atoms with Crippen LogP contribution in [0.2, 0.25) is 0 Å². The van der Waals surface area contributed by atoms with Crippen LogP contribution in [0, 0.1) is 12.8 Å². The Morgan fingerprint density at radius 3 is 3.06 bits per heavy atom. The lowest BCUT2D eigenvalue weighted by Gasteiger charge is -2.30. The molecule has 1 fully saturated rings. The SMILES string of the molecule is Cc1c(C(=O)NCC2NCCCC2C)cnn1C. The standard InChI is InChI=1S/C13H22N4O/c1-9-5-4-6-14-12(9)8-15-13(18)11-7-16-17(3)10(11)2/h7,9,12,14H,4-6,8H2,1-3H3,(H,15,18). The second-order valence-corrected chi connectivity index (χ2v) is 5.16. The Morgan fingerprint density at radius 1 is 1.67 bits per heavy atom. The average Bonchev–Trinajstić information content (AvgIpc) is 2.69. The van der Waals surface area contributed by atoms with Crippen molar-refractivity contribution in [3.05, 3.63) is 17.5 Å². The molecule has 0 radical (unpaired) electrons. The van der Waals surface area contributed by atoms with Crippen LogP contribution in [0.3, 0.4) is 0 Å². The van der Waals surface area contributed by atoms with Crippen molar-refractivity contribution in [1.29, 1.82) is 0 Å². The molecule has 2 unspecified atom stereocenters. The quantitative estimate of drug-likeness (QED) is 0.836. The van der Waals surface area contributed by atoms with Gasteiger partial charge in [0.25, 0.3) is 5.91 Å². The van der Waals surface area contributed by atoms with E-state index in [2.05, 4.69) is 22.7 Å². The van der Waals surface area contributed by atoms with Gasteiger partial charge in [0, 0.05) is 25.3 Å². The van der Waals surface area contributed by atoms with E-state index in [1.165, 1.54) is 12.8 Å². The van der Waals surface area contributed by atoms with E-state index in [0.29, 0.717) is 24.1 Å². The molecule has 0 aliphatic carbocycles. The fraction of sp³-hybridized carbons (Fsp3) is 0.692. The van der Waals surface area contributed by atoms with Gasteiger partial charge in [-0.3, -0.25) is 9.48 Å². The first-order valence-electron chi connectivity index (χ1n) is 6.59. The maximum Gasteiger partial charge on any atom is 0.254 e. The van der Waals surface area contributed by atoms with Gasteiger partial charge in [0.15, 0.2) is 0 Å². The van der Waals surface area contributed by atoms with Crippen LogP contribution in [0.5, 0.6) is 0 Å². The highest BCUT2D eigenvalue weighted by atomic mass is 16.1. The lowest BCUT2D eigenvalue weighted by molar-refractivity contribution is 0.0943. The zero-order valence-corrected chi connectivity index (χ0v) is 11.4. The molecular weight excluding hydrogens is 228 g/mol. The van der Waals surface area contributed by atoms with E-state index in [0.717, 1.165) is 12.2 Å². The average molecular weight is 250 g/mol. The van der Waals surface area contributed by atoms with E-state index in [9.17, 15) is 4.79 Å². The van der Waals surface area contributed by atoms with Crippen LogP contribution in [0.25, 0.3) is 0 Å². The lowest BCUT2D eigenvalue weighted by atomic mass is 9.93. The highest BCUT2D eigenvalue weighted by molar-refractivity contribution is 5.95. The van der Waals surface area contributed by atoms with Gasteiger partial charge >= 0.3 is 0 Å². The van der Waals surface area contributed by atoms with Crippen molar-refractivity contribution in [1.82, 2.24) is 20.4 Å². The van der Waals surface area contributed by atoms with E-state index in [-0.39, 0.29) is 5.91 Å². The summed E-state index contributed by atoms with van der Waals surface area (Å²) in [6.45, 7) is 5.88. The van der Waals surface area contributed by atoms with E-state index < -0.39 is 0 Å². The minimum atomic E-state index is -0.0276. The number of aromatic nitrogens is 2. The summed E-state index contributed by atoms with van der Waals surface area (Å²) in [4.78, 5) is 12.0. The highest BCUT2D eigenvalue weighted by Crippen LogP contribution is 2.15. The molecule has 0 spiro atoms. The molecule has 1 amide bonds. The molecular formula is C13H22N4O. The molecule has 5 heteroatoms. The Labute approximate surface area is 108 Å². The van der Waals surface area contributed by atoms with Crippen molar-refractivity contribution >= 4 is 5.91 Å². The number of nitrogens with zero attached hydrogens (tertiary/aromatic N) is 2. The highest BCUT2D eigenvalue weighted by Gasteiger charge is 2.21. The van der Waals surface area contributed by atoms with Crippen LogP contribution >= 0.6 is 0 Å². The normalized spacial score (nSPS) is 23.9. The third-order valence-corrected chi connectivity index (χ3v) is 3.89. The fourth-order valence-electron chi connectivity index (χ4n) is 2.41. The van der Waals surface area contributed by atoms with E-state index in [4.69, 9.17) is 0 Å². The molecule has 2 atom stereocenters. The summed E-state index contributed by atoms with van der Waals surface area (Å²) in [5, 5.41) is 10.5. The maximum absolute atomic E-state index is 12.0. The smallest absolute Gasteiger partial charge is 0.254 e. The zero-order valence-electron chi connectivity index (χ0n) is 11.4. The van der Waals surface area contributed by atoms with Crippen LogP contribution in [0.1, 0.15) is 35.8 Å². The molecule has 1 saturated heterocycles. The summed E-state index contributed by atoms with van der Waals surface area (Å²) >= 11 is 0. The van der Waals surface area contributed by atoms with Gasteiger partial charge in [-0.1, -0.05) is 6.92 Å². The number of carbonyl (C=O) groups excluding carboxylic acids is 1. The lowest BCUT2D eigenvalue weighted by Crippen LogP contribution is -2.47. The van der Waals surface area contributed by atoms with Gasteiger partial charge in [-0.2, -0.15) is 5.10 Å². The summed E-state index contributed by atoms with van der Waals surface area (Å²) in [6, 6.07) is 0.389. The van der Waals surface area contributed by atoms with Crippen molar-refractivity contribution < 1.29 is 4.79 Å². The first kappa shape index (κ1) is 13.1. The number of carbonyl (C=O) groups is 1. The van der Waals surface area contributed by atoms with Crippen LogP contribution in [0.15, 0.2) is 6.20 Å². The Bertz CT molecular complexity index is 427. The monoisotopic (exact) mass is 250 g/mol. The van der Waals surface area contributed by atoms with Gasteiger partial charge in [-0.25, -0.2) is 0 Å². The number of piperidine rings is 1. The zero-order chi connectivity index (χ0) is 13.1. The van der Waals surface area contributed by atoms with Crippen molar-refractivity contribution in [2.45, 2.75) is 32.7 Å². The van der Waals surface area contributed by atoms with Gasteiger partial charge < -0.3 is 10.6 Å². The number of amides is 1. The van der Waals surface area contributed by atoms with Crippen LogP contribution < -0.4 is 10.6 Å². The number of hydrogen-bond acceptors (Lipinski definition) is 3. The molecule has 1 aromatic rings. The molecule has 0 aromatic carbocycles. The predicted octanol–water partition coefficient (Wildman–Crippen LogP) is 0.846. The molecule has 2 rings (SSSR count). The molecule has 100 valence electrons. The second kappa shape index (κ2) is 5.52. The molecule has 2 heterocycles. The van der Waals surface area contributed by atoms with Gasteiger partial charge in [-0.15, -0.1) is 0 Å². The molecule has 2 N–H and O–H groups in total. The van der Waals surface area contributed by atoms with Crippen LogP contribution in [0.4, 0.5) is 0 Å². The van der Waals surface area contributed by atoms with Gasteiger partial charge in [-0.05, 0) is 32.2 Å². The first-order chi connectivity index (χ1) is 8.59. The summed E-state index contributed by atoms with van der Waals surface area (Å²) in [7, 11) is 1.84. The Kier molecular flexibility index (Phi) is 4.01. The van der Waals surface area contributed by atoms with E-state index in [1.807, 2.05) is 14.0 Å². The summed E-state index contributed by atoms with van der Waals surface area (Å²) in [5.74, 6) is 0.592. The Balaban J connectivity index is 1.90. The van der Waals surface area contributed by atoms with Crippen molar-refractivity contribution in [2.75, 3.05) is 13.1 Å². The van der Waals surface area contributed by atoms with Crippen LogP contribution in [-0.4, -0.2) is 34.8 Å². The van der Waals surface area contributed by atoms with Gasteiger partial charge in [0.2, 0.25) is 0 Å². The Hall–Kier alpha value is -1.36. The second-order valence-electron chi connectivity index (χ2n) is 5.16. The van der Waals surface area contributed by atoms with Crippen molar-refractivity contribution in [2.24, 2.45) is 13.0 Å².